The number of hydrogen-bond donors (Lipinski definition) is 2. The van der Waals surface area contributed by atoms with Gasteiger partial charge in [-0.3, -0.25) is 14.7 Å². The molecule has 2 atom stereocenters. The number of rotatable bonds is 4. The number of amides is 1. The van der Waals surface area contributed by atoms with E-state index in [1.54, 1.807) is 12.3 Å². The molecule has 2 N–H and O–H groups in total. The first kappa shape index (κ1) is 15.3. The van der Waals surface area contributed by atoms with Gasteiger partial charge in [0.25, 0.3) is 5.91 Å². The van der Waals surface area contributed by atoms with E-state index in [2.05, 4.69) is 33.3 Å². The van der Waals surface area contributed by atoms with Gasteiger partial charge in [-0.2, -0.15) is 5.26 Å². The molecule has 0 aliphatic carbocycles. The van der Waals surface area contributed by atoms with Crippen molar-refractivity contribution in [3.8, 4) is 6.07 Å². The molecule has 1 aliphatic rings. The Morgan fingerprint density at radius 2 is 2.48 bits per heavy atom. The molecule has 1 amide bonds. The van der Waals surface area contributed by atoms with Crippen LogP contribution in [0, 0.1) is 17.2 Å². The van der Waals surface area contributed by atoms with Crippen molar-refractivity contribution in [2.45, 2.75) is 12.5 Å². The Balaban J connectivity index is 1.65. The van der Waals surface area contributed by atoms with Crippen LogP contribution < -0.4 is 5.32 Å². The van der Waals surface area contributed by atoms with E-state index >= 15 is 0 Å². The van der Waals surface area contributed by atoms with Gasteiger partial charge in [-0.25, -0.2) is 0 Å². The summed E-state index contributed by atoms with van der Waals surface area (Å²) in [4.78, 5) is 21.5. The van der Waals surface area contributed by atoms with Crippen molar-refractivity contribution in [3.63, 3.8) is 0 Å². The second kappa shape index (κ2) is 6.63. The normalized spacial score (nSPS) is 21.0. The Kier molecular flexibility index (Phi) is 4.40. The number of aromatic amines is 1. The molecule has 0 saturated carbocycles. The number of aromatic nitrogens is 2. The number of nitriles is 1. The molecule has 118 valence electrons. The van der Waals surface area contributed by atoms with Gasteiger partial charge < -0.3 is 10.3 Å². The summed E-state index contributed by atoms with van der Waals surface area (Å²) in [5, 5.41) is 11.8. The maximum absolute atomic E-state index is 12.2. The molecular weight excluding hydrogens is 290 g/mol. The molecule has 1 fully saturated rings. The molecule has 6 nitrogen and oxygen atoms in total. The van der Waals surface area contributed by atoms with Crippen LogP contribution in [0.3, 0.4) is 0 Å². The first-order valence-electron chi connectivity index (χ1n) is 7.66. The third-order valence-corrected chi connectivity index (χ3v) is 4.38. The van der Waals surface area contributed by atoms with Gasteiger partial charge in [0, 0.05) is 31.2 Å². The quantitative estimate of drug-likeness (QED) is 0.900. The number of nitrogens with zero attached hydrogens (tertiary/aromatic N) is 3. The van der Waals surface area contributed by atoms with Gasteiger partial charge >= 0.3 is 0 Å². The Morgan fingerprint density at radius 1 is 1.61 bits per heavy atom. The summed E-state index contributed by atoms with van der Waals surface area (Å²) in [6.45, 7) is 1.60. The highest BCUT2D eigenvalue weighted by molar-refractivity contribution is 5.92. The lowest BCUT2D eigenvalue weighted by Crippen LogP contribution is -2.32. The molecule has 0 spiro atoms. The van der Waals surface area contributed by atoms with E-state index in [0.717, 1.165) is 13.0 Å². The van der Waals surface area contributed by atoms with Crippen molar-refractivity contribution in [1.29, 1.82) is 5.26 Å². The molecule has 1 saturated heterocycles. The number of pyridine rings is 1. The maximum atomic E-state index is 12.2. The van der Waals surface area contributed by atoms with Crippen LogP contribution in [0.1, 0.15) is 34.1 Å². The molecule has 3 heterocycles. The molecule has 1 aliphatic heterocycles. The summed E-state index contributed by atoms with van der Waals surface area (Å²) in [5.74, 6) is 0.171. The van der Waals surface area contributed by atoms with E-state index in [1.807, 2.05) is 18.3 Å². The lowest BCUT2D eigenvalue weighted by atomic mass is 9.95. The third-order valence-electron chi connectivity index (χ3n) is 4.38. The van der Waals surface area contributed by atoms with Crippen LogP contribution in [0.4, 0.5) is 0 Å². The first-order chi connectivity index (χ1) is 11.2. The van der Waals surface area contributed by atoms with Crippen molar-refractivity contribution in [2.24, 2.45) is 5.92 Å². The predicted octanol–water partition coefficient (Wildman–Crippen LogP) is 1.70. The average molecular weight is 309 g/mol. The molecule has 0 radical (unpaired) electrons. The monoisotopic (exact) mass is 309 g/mol. The van der Waals surface area contributed by atoms with Gasteiger partial charge in [-0.1, -0.05) is 6.07 Å². The van der Waals surface area contributed by atoms with Crippen molar-refractivity contribution < 1.29 is 4.79 Å². The minimum Gasteiger partial charge on any atom is -0.356 e. The van der Waals surface area contributed by atoms with E-state index in [4.69, 9.17) is 5.26 Å². The lowest BCUT2D eigenvalue weighted by Gasteiger charge is -2.25. The minimum absolute atomic E-state index is 0.175. The summed E-state index contributed by atoms with van der Waals surface area (Å²) in [6.07, 6.45) is 6.24. The van der Waals surface area contributed by atoms with Gasteiger partial charge in [-0.15, -0.1) is 0 Å². The summed E-state index contributed by atoms with van der Waals surface area (Å²) in [7, 11) is 2.10. The summed E-state index contributed by atoms with van der Waals surface area (Å²) >= 11 is 0. The standard InChI is InChI=1S/C17H19N5O/c1-22-6-4-14(16(22)13-3-2-5-19-10-13)11-21-17(23)15-7-12(8-18)9-20-15/h2-3,5,7,9-10,14,16,20H,4,6,11H2,1H3,(H,21,23)/t14-,16-/m0/s1. The minimum atomic E-state index is -0.175. The fraction of sp³-hybridized carbons (Fsp3) is 0.353. The number of hydrogen-bond acceptors (Lipinski definition) is 4. The Labute approximate surface area is 135 Å². The van der Waals surface area contributed by atoms with Gasteiger partial charge in [0.05, 0.1) is 5.56 Å². The van der Waals surface area contributed by atoms with Crippen LogP contribution >= 0.6 is 0 Å². The Hall–Kier alpha value is -2.65. The highest BCUT2D eigenvalue weighted by Gasteiger charge is 2.33. The highest BCUT2D eigenvalue weighted by Crippen LogP contribution is 2.35. The number of carbonyl (C=O) groups excluding carboxylic acids is 1. The van der Waals surface area contributed by atoms with E-state index < -0.39 is 0 Å². The smallest absolute Gasteiger partial charge is 0.267 e. The second-order valence-corrected chi connectivity index (χ2v) is 5.88. The van der Waals surface area contributed by atoms with Crippen LogP contribution in [0.25, 0.3) is 0 Å². The molecule has 0 bridgehead atoms. The van der Waals surface area contributed by atoms with Crippen molar-refractivity contribution in [2.75, 3.05) is 20.1 Å². The number of carbonyl (C=O) groups is 1. The van der Waals surface area contributed by atoms with Crippen molar-refractivity contribution in [1.82, 2.24) is 20.2 Å². The Morgan fingerprint density at radius 3 is 3.17 bits per heavy atom. The lowest BCUT2D eigenvalue weighted by molar-refractivity contribution is 0.0939. The zero-order valence-corrected chi connectivity index (χ0v) is 13.0. The molecule has 2 aromatic rings. The number of H-pyrrole nitrogens is 1. The van der Waals surface area contributed by atoms with Crippen LogP contribution in [0.2, 0.25) is 0 Å². The van der Waals surface area contributed by atoms with Crippen molar-refractivity contribution >= 4 is 5.91 Å². The van der Waals surface area contributed by atoms with Crippen LogP contribution in [0.5, 0.6) is 0 Å². The van der Waals surface area contributed by atoms with Gasteiger partial charge in [0.2, 0.25) is 0 Å². The molecule has 6 heteroatoms. The molecular formula is C17H19N5O. The average Bonchev–Trinajstić information content (AvgIpc) is 3.20. The fourth-order valence-corrected chi connectivity index (χ4v) is 3.23. The first-order valence-corrected chi connectivity index (χ1v) is 7.66. The van der Waals surface area contributed by atoms with E-state index in [9.17, 15) is 4.79 Å². The summed E-state index contributed by atoms with van der Waals surface area (Å²) in [5.41, 5.74) is 2.06. The Bertz CT molecular complexity index is 718. The number of nitrogens with one attached hydrogen (secondary N) is 2. The second-order valence-electron chi connectivity index (χ2n) is 5.88. The topological polar surface area (TPSA) is 84.8 Å². The zero-order valence-electron chi connectivity index (χ0n) is 13.0. The maximum Gasteiger partial charge on any atom is 0.267 e. The fourth-order valence-electron chi connectivity index (χ4n) is 3.23. The largest absolute Gasteiger partial charge is 0.356 e. The molecule has 3 rings (SSSR count). The van der Waals surface area contributed by atoms with E-state index in [1.165, 1.54) is 11.8 Å². The van der Waals surface area contributed by atoms with Crippen molar-refractivity contribution in [3.05, 3.63) is 53.6 Å². The SMILES string of the molecule is CN1CC[C@@H](CNC(=O)c2cc(C#N)c[nH]2)[C@@H]1c1cccnc1. The van der Waals surface area contributed by atoms with Gasteiger partial charge in [0.1, 0.15) is 11.8 Å². The van der Waals surface area contributed by atoms with E-state index in [0.29, 0.717) is 23.7 Å². The van der Waals surface area contributed by atoms with E-state index in [-0.39, 0.29) is 11.9 Å². The summed E-state index contributed by atoms with van der Waals surface area (Å²) < 4.78 is 0. The summed E-state index contributed by atoms with van der Waals surface area (Å²) in [6, 6.07) is 7.86. The zero-order chi connectivity index (χ0) is 16.2. The van der Waals surface area contributed by atoms with Gasteiger partial charge in [0.15, 0.2) is 0 Å². The van der Waals surface area contributed by atoms with Crippen LogP contribution in [-0.4, -0.2) is 40.9 Å². The molecule has 2 aromatic heterocycles. The molecule has 0 unspecified atom stereocenters. The van der Waals surface area contributed by atoms with Crippen LogP contribution in [0.15, 0.2) is 36.8 Å². The van der Waals surface area contributed by atoms with Gasteiger partial charge in [-0.05, 0) is 43.6 Å². The third kappa shape index (κ3) is 3.25. The molecule has 0 aromatic carbocycles. The van der Waals surface area contributed by atoms with Crippen LogP contribution in [-0.2, 0) is 0 Å². The number of likely N-dealkylation sites (tertiary alicyclic amines) is 1. The molecule has 23 heavy (non-hydrogen) atoms. The predicted molar refractivity (Wildman–Crippen MR) is 85.6 cm³/mol. The highest BCUT2D eigenvalue weighted by atomic mass is 16.1.